The molecule has 0 radical (unpaired) electrons. The van der Waals surface area contributed by atoms with Gasteiger partial charge in [0.15, 0.2) is 0 Å². The normalized spacial score (nSPS) is 14.5. The Morgan fingerprint density at radius 1 is 0.966 bits per heavy atom. The van der Waals surface area contributed by atoms with Crippen LogP contribution >= 0.6 is 11.8 Å². The van der Waals surface area contributed by atoms with Crippen molar-refractivity contribution in [3.63, 3.8) is 0 Å². The first-order valence-electron chi connectivity index (χ1n) is 10.1. The molecule has 2 aromatic carbocycles. The number of para-hydroxylation sites is 1. The van der Waals surface area contributed by atoms with Crippen molar-refractivity contribution in [3.8, 4) is 16.9 Å². The molecule has 0 bridgehead atoms. The third-order valence-electron chi connectivity index (χ3n) is 5.44. The van der Waals surface area contributed by atoms with Gasteiger partial charge in [0.25, 0.3) is 0 Å². The molecule has 1 aliphatic carbocycles. The van der Waals surface area contributed by atoms with Gasteiger partial charge in [0.1, 0.15) is 5.82 Å². The molecule has 0 aliphatic heterocycles. The Bertz CT molecular complexity index is 1070. The Kier molecular flexibility index (Phi) is 5.17. The molecule has 6 heteroatoms. The lowest BCUT2D eigenvalue weighted by molar-refractivity contribution is 0.671. The first-order chi connectivity index (χ1) is 14.4. The summed E-state index contributed by atoms with van der Waals surface area (Å²) in [5.41, 5.74) is 4.37. The Balaban J connectivity index is 1.40. The first-order valence-corrected chi connectivity index (χ1v) is 11.1. The van der Waals surface area contributed by atoms with E-state index in [1.807, 2.05) is 28.9 Å². The lowest BCUT2D eigenvalue weighted by Crippen LogP contribution is -1.94. The first kappa shape index (κ1) is 18.2. The Labute approximate surface area is 174 Å². The lowest BCUT2D eigenvalue weighted by atomic mass is 10.1. The molecule has 1 aliphatic rings. The van der Waals surface area contributed by atoms with Crippen LogP contribution in [-0.2, 0) is 5.75 Å². The summed E-state index contributed by atoms with van der Waals surface area (Å²) in [7, 11) is 0. The van der Waals surface area contributed by atoms with E-state index in [1.165, 1.54) is 31.2 Å². The molecule has 0 saturated heterocycles. The lowest BCUT2D eigenvalue weighted by Gasteiger charge is -2.02. The zero-order chi connectivity index (χ0) is 19.5. The van der Waals surface area contributed by atoms with Gasteiger partial charge in [-0.3, -0.25) is 5.10 Å². The number of aromatic amines is 1. The molecule has 5 rings (SSSR count). The molecule has 0 unspecified atom stereocenters. The molecule has 1 saturated carbocycles. The molecule has 0 atom stereocenters. The van der Waals surface area contributed by atoms with Crippen LogP contribution in [0.3, 0.4) is 0 Å². The summed E-state index contributed by atoms with van der Waals surface area (Å²) in [6.45, 7) is 0. The third kappa shape index (κ3) is 3.98. The zero-order valence-electron chi connectivity index (χ0n) is 16.2. The van der Waals surface area contributed by atoms with Crippen LogP contribution in [0.4, 0.5) is 0 Å². The van der Waals surface area contributed by atoms with Crippen molar-refractivity contribution < 1.29 is 0 Å². The van der Waals surface area contributed by atoms with Crippen LogP contribution < -0.4 is 0 Å². The Morgan fingerprint density at radius 2 is 1.69 bits per heavy atom. The maximum atomic E-state index is 4.89. The molecule has 1 fully saturated rings. The van der Waals surface area contributed by atoms with Crippen LogP contribution in [0.1, 0.15) is 43.0 Å². The van der Waals surface area contributed by atoms with Gasteiger partial charge in [0, 0.05) is 29.0 Å². The average Bonchev–Trinajstić information content (AvgIpc) is 3.54. The molecular formula is C23H23N5S. The van der Waals surface area contributed by atoms with Crippen molar-refractivity contribution >= 4 is 11.8 Å². The van der Waals surface area contributed by atoms with Crippen LogP contribution in [0.2, 0.25) is 0 Å². The van der Waals surface area contributed by atoms with Gasteiger partial charge in [-0.1, -0.05) is 73.1 Å². The number of H-pyrrole nitrogens is 1. The van der Waals surface area contributed by atoms with Crippen LogP contribution in [-0.4, -0.2) is 25.0 Å². The summed E-state index contributed by atoms with van der Waals surface area (Å²) in [6, 6.07) is 20.6. The van der Waals surface area contributed by atoms with Crippen molar-refractivity contribution in [1.82, 2.24) is 25.0 Å². The van der Waals surface area contributed by atoms with Gasteiger partial charge in [-0.25, -0.2) is 9.67 Å². The number of rotatable bonds is 6. The van der Waals surface area contributed by atoms with Crippen molar-refractivity contribution in [3.05, 3.63) is 78.2 Å². The van der Waals surface area contributed by atoms with E-state index in [9.17, 15) is 0 Å². The fourth-order valence-corrected chi connectivity index (χ4v) is 4.68. The van der Waals surface area contributed by atoms with E-state index in [-0.39, 0.29) is 0 Å². The molecular weight excluding hydrogens is 378 g/mol. The van der Waals surface area contributed by atoms with Crippen LogP contribution in [0.5, 0.6) is 0 Å². The van der Waals surface area contributed by atoms with Crippen molar-refractivity contribution in [2.24, 2.45) is 0 Å². The number of aromatic nitrogens is 5. The number of nitrogens with one attached hydrogen (secondary N) is 1. The van der Waals surface area contributed by atoms with E-state index in [0.29, 0.717) is 5.92 Å². The topological polar surface area (TPSA) is 59.4 Å². The van der Waals surface area contributed by atoms with Gasteiger partial charge in [-0.2, -0.15) is 5.10 Å². The molecule has 4 aromatic rings. The van der Waals surface area contributed by atoms with Crippen LogP contribution in [0, 0.1) is 0 Å². The van der Waals surface area contributed by atoms with Crippen molar-refractivity contribution in [2.45, 2.75) is 42.5 Å². The Hall–Kier alpha value is -2.86. The second-order valence-corrected chi connectivity index (χ2v) is 8.36. The molecule has 2 aromatic heterocycles. The summed E-state index contributed by atoms with van der Waals surface area (Å²) in [5.74, 6) is 2.38. The van der Waals surface area contributed by atoms with Crippen LogP contribution in [0.15, 0.2) is 72.0 Å². The molecule has 0 spiro atoms. The minimum Gasteiger partial charge on any atom is -0.262 e. The van der Waals surface area contributed by atoms with Crippen molar-refractivity contribution in [2.75, 3.05) is 0 Å². The Morgan fingerprint density at radius 3 is 2.45 bits per heavy atom. The van der Waals surface area contributed by atoms with E-state index in [1.54, 1.807) is 11.8 Å². The van der Waals surface area contributed by atoms with Gasteiger partial charge in [0.05, 0.1) is 11.4 Å². The maximum Gasteiger partial charge on any atom is 0.208 e. The highest BCUT2D eigenvalue weighted by atomic mass is 32.2. The third-order valence-corrected chi connectivity index (χ3v) is 6.33. The molecule has 1 N–H and O–H groups in total. The number of hydrogen-bond acceptors (Lipinski definition) is 4. The van der Waals surface area contributed by atoms with Crippen molar-refractivity contribution in [1.29, 1.82) is 0 Å². The summed E-state index contributed by atoms with van der Waals surface area (Å²) >= 11 is 1.66. The monoisotopic (exact) mass is 401 g/mol. The van der Waals surface area contributed by atoms with Gasteiger partial charge in [0.2, 0.25) is 5.16 Å². The summed E-state index contributed by atoms with van der Waals surface area (Å²) < 4.78 is 1.96. The highest BCUT2D eigenvalue weighted by molar-refractivity contribution is 7.98. The standard InChI is InChI=1S/C23H23N5S/c1-3-9-17(10-4-1)21-19(15-28(27-21)20-13-5-2-6-14-20)16-29-23-24-22(25-26-23)18-11-7-8-12-18/h1-6,9-10,13-15,18H,7-8,11-12,16H2,(H,24,25,26). The van der Waals surface area contributed by atoms with Gasteiger partial charge in [-0.05, 0) is 25.0 Å². The average molecular weight is 402 g/mol. The van der Waals surface area contributed by atoms with E-state index in [2.05, 4.69) is 52.8 Å². The maximum absolute atomic E-state index is 4.89. The number of nitrogens with zero attached hydrogens (tertiary/aromatic N) is 4. The summed E-state index contributed by atoms with van der Waals surface area (Å²) in [6.07, 6.45) is 7.16. The summed E-state index contributed by atoms with van der Waals surface area (Å²) in [5, 5.41) is 13.3. The smallest absolute Gasteiger partial charge is 0.208 e. The molecule has 146 valence electrons. The predicted molar refractivity (Wildman–Crippen MR) is 116 cm³/mol. The zero-order valence-corrected chi connectivity index (χ0v) is 17.0. The predicted octanol–water partition coefficient (Wildman–Crippen LogP) is 5.61. The molecule has 5 nitrogen and oxygen atoms in total. The van der Waals surface area contributed by atoms with E-state index >= 15 is 0 Å². The molecule has 0 amide bonds. The number of benzene rings is 2. The van der Waals surface area contributed by atoms with E-state index in [4.69, 9.17) is 10.1 Å². The van der Waals surface area contributed by atoms with Gasteiger partial charge < -0.3 is 0 Å². The summed E-state index contributed by atoms with van der Waals surface area (Å²) in [4.78, 5) is 4.74. The van der Waals surface area contributed by atoms with E-state index < -0.39 is 0 Å². The molecule has 2 heterocycles. The second kappa shape index (κ2) is 8.25. The van der Waals surface area contributed by atoms with Gasteiger partial charge >= 0.3 is 0 Å². The highest BCUT2D eigenvalue weighted by Crippen LogP contribution is 2.33. The quantitative estimate of drug-likeness (QED) is 0.427. The van der Waals surface area contributed by atoms with E-state index in [0.717, 1.165) is 33.7 Å². The van der Waals surface area contributed by atoms with Crippen LogP contribution in [0.25, 0.3) is 16.9 Å². The minimum atomic E-state index is 0.553. The van der Waals surface area contributed by atoms with Gasteiger partial charge in [-0.15, -0.1) is 5.10 Å². The fourth-order valence-electron chi connectivity index (χ4n) is 3.91. The number of hydrogen-bond donors (Lipinski definition) is 1. The molecule has 29 heavy (non-hydrogen) atoms. The SMILES string of the molecule is c1ccc(-c2nn(-c3ccccc3)cc2CSc2n[nH]c(C3CCCC3)n2)cc1. The highest BCUT2D eigenvalue weighted by Gasteiger charge is 2.21. The second-order valence-electron chi connectivity index (χ2n) is 7.42. The number of thioether (sulfide) groups is 1. The fraction of sp³-hybridized carbons (Fsp3) is 0.261. The minimum absolute atomic E-state index is 0.553. The largest absolute Gasteiger partial charge is 0.262 e.